The number of aryl methyl sites for hydroxylation is 1. The molecule has 0 radical (unpaired) electrons. The van der Waals surface area contributed by atoms with Crippen molar-refractivity contribution in [3.05, 3.63) is 77.4 Å². The van der Waals surface area contributed by atoms with E-state index in [0.717, 1.165) is 17.2 Å². The van der Waals surface area contributed by atoms with Crippen LogP contribution in [0.2, 0.25) is 0 Å². The van der Waals surface area contributed by atoms with Crippen LogP contribution in [0.25, 0.3) is 0 Å². The van der Waals surface area contributed by atoms with E-state index in [2.05, 4.69) is 10.6 Å². The van der Waals surface area contributed by atoms with Crippen molar-refractivity contribution in [1.82, 2.24) is 10.6 Å². The Bertz CT molecular complexity index is 1130. The average molecular weight is 469 g/mol. The quantitative estimate of drug-likeness (QED) is 0.274. The van der Waals surface area contributed by atoms with Crippen LogP contribution in [0.4, 0.5) is 0 Å². The molecule has 0 fully saturated rings. The summed E-state index contributed by atoms with van der Waals surface area (Å²) in [4.78, 5) is 24.1. The third kappa shape index (κ3) is 7.94. The van der Waals surface area contributed by atoms with Gasteiger partial charge in [-0.25, -0.2) is 0 Å². The van der Waals surface area contributed by atoms with Gasteiger partial charge in [-0.15, -0.1) is 0 Å². The molecule has 0 aliphatic carbocycles. The number of nitrogens with one attached hydrogen (secondary N) is 2. The minimum Gasteiger partial charge on any atom is -0.508 e. The number of benzene rings is 3. The lowest BCUT2D eigenvalue weighted by molar-refractivity contribution is -0.122. The monoisotopic (exact) mass is 468 g/mol. The number of phenolic OH excluding ortho intramolecular Hbond substituents is 5. The minimum absolute atomic E-state index is 0.111. The lowest BCUT2D eigenvalue weighted by atomic mass is 10.1. The van der Waals surface area contributed by atoms with Gasteiger partial charge < -0.3 is 36.2 Å². The summed E-state index contributed by atoms with van der Waals surface area (Å²) in [5.41, 5.74) is 1.93. The highest BCUT2D eigenvalue weighted by atomic mass is 16.3. The normalized spacial score (nSPS) is 11.0. The molecule has 3 rings (SSSR count). The minimum atomic E-state index is -0.813. The van der Waals surface area contributed by atoms with E-state index in [9.17, 15) is 30.0 Å². The Balaban J connectivity index is 0.000000430. The molecule has 0 bridgehead atoms. The van der Waals surface area contributed by atoms with Crippen LogP contribution >= 0.6 is 0 Å². The van der Waals surface area contributed by atoms with E-state index in [4.69, 9.17) is 5.11 Å². The molecule has 0 aliphatic heterocycles. The number of carbonyl (C=O) groups is 2. The van der Waals surface area contributed by atoms with E-state index in [1.54, 1.807) is 18.2 Å². The molecule has 1 atom stereocenters. The van der Waals surface area contributed by atoms with Crippen LogP contribution in [-0.2, 0) is 11.2 Å². The summed E-state index contributed by atoms with van der Waals surface area (Å²) in [6, 6.07) is 14.3. The van der Waals surface area contributed by atoms with Crippen molar-refractivity contribution in [2.75, 3.05) is 6.54 Å². The van der Waals surface area contributed by atoms with Gasteiger partial charge in [-0.05, 0) is 73.9 Å². The fourth-order valence-electron chi connectivity index (χ4n) is 2.85. The van der Waals surface area contributed by atoms with Crippen molar-refractivity contribution in [2.45, 2.75) is 26.3 Å². The molecular weight excluding hydrogens is 440 g/mol. The molecule has 7 N–H and O–H groups in total. The molecule has 0 spiro atoms. The highest BCUT2D eigenvalue weighted by Crippen LogP contribution is 2.25. The molecule has 9 heteroatoms. The smallest absolute Gasteiger partial charge is 0.252 e. The Labute approximate surface area is 196 Å². The van der Waals surface area contributed by atoms with E-state index in [1.165, 1.54) is 31.2 Å². The maximum Gasteiger partial charge on any atom is 0.252 e. The largest absolute Gasteiger partial charge is 0.508 e. The van der Waals surface area contributed by atoms with Crippen molar-refractivity contribution >= 4 is 11.8 Å². The number of rotatable bonds is 6. The van der Waals surface area contributed by atoms with Crippen LogP contribution in [0.1, 0.15) is 28.4 Å². The summed E-state index contributed by atoms with van der Waals surface area (Å²) in [5.74, 6) is -1.83. The van der Waals surface area contributed by atoms with Crippen LogP contribution < -0.4 is 10.6 Å². The molecule has 0 aliphatic rings. The van der Waals surface area contributed by atoms with E-state index in [0.29, 0.717) is 12.2 Å². The van der Waals surface area contributed by atoms with E-state index in [1.807, 2.05) is 19.1 Å². The van der Waals surface area contributed by atoms with Crippen LogP contribution in [-0.4, -0.2) is 49.9 Å². The SMILES string of the molecule is CC(NC(=O)c1ccc(O)c(O)c1)C(=O)NCCc1ccc(O)c(O)c1.Cc1cccc(O)c1. The summed E-state index contributed by atoms with van der Waals surface area (Å²) in [6.45, 7) is 3.74. The lowest BCUT2D eigenvalue weighted by Gasteiger charge is -2.14. The van der Waals surface area contributed by atoms with Gasteiger partial charge in [0.2, 0.25) is 5.91 Å². The Kier molecular flexibility index (Phi) is 9.13. The molecule has 0 saturated heterocycles. The number of hydrogen-bond acceptors (Lipinski definition) is 7. The molecular formula is C25H28N2O7. The molecule has 34 heavy (non-hydrogen) atoms. The maximum atomic E-state index is 12.1. The van der Waals surface area contributed by atoms with E-state index < -0.39 is 23.6 Å². The van der Waals surface area contributed by atoms with Crippen LogP contribution in [0, 0.1) is 6.92 Å². The Morgan fingerprint density at radius 1 is 0.824 bits per heavy atom. The third-order valence-corrected chi connectivity index (χ3v) is 4.73. The zero-order valence-electron chi connectivity index (χ0n) is 18.8. The number of amides is 2. The van der Waals surface area contributed by atoms with Crippen molar-refractivity contribution in [1.29, 1.82) is 0 Å². The van der Waals surface area contributed by atoms with Crippen LogP contribution in [0.3, 0.4) is 0 Å². The van der Waals surface area contributed by atoms with Gasteiger partial charge in [-0.3, -0.25) is 9.59 Å². The van der Waals surface area contributed by atoms with Gasteiger partial charge in [0.25, 0.3) is 5.91 Å². The summed E-state index contributed by atoms with van der Waals surface area (Å²) >= 11 is 0. The second-order valence-corrected chi connectivity index (χ2v) is 7.60. The summed E-state index contributed by atoms with van der Waals surface area (Å²) in [7, 11) is 0. The van der Waals surface area contributed by atoms with Crippen molar-refractivity contribution in [2.24, 2.45) is 0 Å². The van der Waals surface area contributed by atoms with Crippen molar-refractivity contribution < 1.29 is 35.1 Å². The summed E-state index contributed by atoms with van der Waals surface area (Å²) < 4.78 is 0. The number of aromatic hydroxyl groups is 5. The molecule has 180 valence electrons. The third-order valence-electron chi connectivity index (χ3n) is 4.73. The van der Waals surface area contributed by atoms with Gasteiger partial charge in [0.15, 0.2) is 23.0 Å². The predicted octanol–water partition coefficient (Wildman–Crippen LogP) is 2.69. The highest BCUT2D eigenvalue weighted by Gasteiger charge is 2.17. The molecule has 3 aromatic rings. The molecule has 9 nitrogen and oxygen atoms in total. The molecule has 2 amide bonds. The van der Waals surface area contributed by atoms with E-state index in [-0.39, 0.29) is 29.4 Å². The summed E-state index contributed by atoms with van der Waals surface area (Å²) in [6.07, 6.45) is 0.437. The Hall–Kier alpha value is -4.40. The fourth-order valence-corrected chi connectivity index (χ4v) is 2.85. The van der Waals surface area contributed by atoms with Crippen LogP contribution in [0.5, 0.6) is 28.7 Å². The van der Waals surface area contributed by atoms with Crippen molar-refractivity contribution in [3.63, 3.8) is 0 Å². The zero-order valence-corrected chi connectivity index (χ0v) is 18.8. The first kappa shape index (κ1) is 25.9. The van der Waals surface area contributed by atoms with E-state index >= 15 is 0 Å². The van der Waals surface area contributed by atoms with Gasteiger partial charge in [0, 0.05) is 12.1 Å². The lowest BCUT2D eigenvalue weighted by Crippen LogP contribution is -2.45. The van der Waals surface area contributed by atoms with Crippen LogP contribution in [0.15, 0.2) is 60.7 Å². The average Bonchev–Trinajstić information content (AvgIpc) is 2.78. The number of hydrogen-bond donors (Lipinski definition) is 7. The number of phenols is 5. The highest BCUT2D eigenvalue weighted by molar-refractivity contribution is 5.97. The fraction of sp³-hybridized carbons (Fsp3) is 0.200. The predicted molar refractivity (Wildman–Crippen MR) is 126 cm³/mol. The van der Waals surface area contributed by atoms with Gasteiger partial charge >= 0.3 is 0 Å². The molecule has 3 aromatic carbocycles. The second kappa shape index (κ2) is 12.0. The first-order valence-electron chi connectivity index (χ1n) is 10.4. The summed E-state index contributed by atoms with van der Waals surface area (Å²) in [5, 5.41) is 51.3. The molecule has 0 heterocycles. The molecule has 0 aromatic heterocycles. The number of carbonyl (C=O) groups excluding carboxylic acids is 2. The van der Waals surface area contributed by atoms with Gasteiger partial charge in [0.05, 0.1) is 0 Å². The first-order chi connectivity index (χ1) is 16.1. The first-order valence-corrected chi connectivity index (χ1v) is 10.4. The topological polar surface area (TPSA) is 159 Å². The zero-order chi connectivity index (χ0) is 25.3. The Morgan fingerprint density at radius 3 is 2.03 bits per heavy atom. The Morgan fingerprint density at radius 2 is 1.47 bits per heavy atom. The van der Waals surface area contributed by atoms with Gasteiger partial charge in [-0.2, -0.15) is 0 Å². The molecule has 0 saturated carbocycles. The van der Waals surface area contributed by atoms with Gasteiger partial charge in [-0.1, -0.05) is 18.2 Å². The maximum absolute atomic E-state index is 12.1. The van der Waals surface area contributed by atoms with Gasteiger partial charge in [0.1, 0.15) is 11.8 Å². The van der Waals surface area contributed by atoms with Crippen molar-refractivity contribution in [3.8, 4) is 28.7 Å². The standard InChI is InChI=1S/C18H20N2O6.C7H8O/c1-10(20-18(26)12-3-5-14(22)16(24)9-12)17(25)19-7-6-11-2-4-13(21)15(23)8-11;1-6-3-2-4-7(8)5-6/h2-5,8-10,21-24H,6-7H2,1H3,(H,19,25)(H,20,26);2-5,8H,1H3. The molecule has 1 unspecified atom stereocenters. The second-order valence-electron chi connectivity index (χ2n) is 7.60.